The fourth-order valence-corrected chi connectivity index (χ4v) is 3.95. The number of thiazole rings is 1. The minimum Gasteiger partial charge on any atom is -0.390 e. The van der Waals surface area contributed by atoms with Crippen LogP contribution in [0.2, 0.25) is 0 Å². The lowest BCUT2D eigenvalue weighted by Gasteiger charge is -2.40. The van der Waals surface area contributed by atoms with E-state index < -0.39 is 35.9 Å². The molecule has 1 aliphatic carbocycles. The van der Waals surface area contributed by atoms with Crippen LogP contribution in [-0.2, 0) is 0 Å². The molecule has 2 heterocycles. The van der Waals surface area contributed by atoms with E-state index in [2.05, 4.69) is 10.3 Å². The van der Waals surface area contributed by atoms with E-state index in [9.17, 15) is 23.5 Å². The molecule has 0 bridgehead atoms. The van der Waals surface area contributed by atoms with Crippen LogP contribution in [0.3, 0.4) is 0 Å². The van der Waals surface area contributed by atoms with Gasteiger partial charge in [-0.1, -0.05) is 0 Å². The van der Waals surface area contributed by atoms with E-state index in [1.54, 1.807) is 13.8 Å². The molecule has 0 spiro atoms. The van der Waals surface area contributed by atoms with Gasteiger partial charge in [0.15, 0.2) is 5.01 Å². The molecule has 2 aliphatic rings. The molecular formula is C15H19F2N3O3S. The van der Waals surface area contributed by atoms with Crippen molar-refractivity contribution in [1.82, 2.24) is 15.2 Å². The second kappa shape index (κ2) is 5.73. The fourth-order valence-electron chi connectivity index (χ4n) is 3.26. The monoisotopic (exact) mass is 359 g/mol. The third-order valence-corrected chi connectivity index (χ3v) is 5.25. The number of amides is 2. The lowest BCUT2D eigenvalue weighted by molar-refractivity contribution is -0.0367. The highest BCUT2D eigenvalue weighted by atomic mass is 32.1. The molecule has 0 aromatic carbocycles. The van der Waals surface area contributed by atoms with E-state index in [0.29, 0.717) is 12.8 Å². The number of hydrogen-bond donors (Lipinski definition) is 2. The van der Waals surface area contributed by atoms with Gasteiger partial charge in [-0.05, 0) is 26.7 Å². The van der Waals surface area contributed by atoms with Gasteiger partial charge < -0.3 is 15.3 Å². The number of alkyl halides is 2. The molecule has 1 aromatic rings. The zero-order valence-corrected chi connectivity index (χ0v) is 14.2. The molecule has 24 heavy (non-hydrogen) atoms. The Morgan fingerprint density at radius 3 is 2.62 bits per heavy atom. The van der Waals surface area contributed by atoms with Gasteiger partial charge in [-0.25, -0.2) is 13.8 Å². The molecular weight excluding hydrogens is 340 g/mol. The third kappa shape index (κ3) is 3.41. The van der Waals surface area contributed by atoms with Gasteiger partial charge >= 0.3 is 0 Å². The zero-order chi connectivity index (χ0) is 17.7. The summed E-state index contributed by atoms with van der Waals surface area (Å²) in [5.74, 6) is -3.88. The van der Waals surface area contributed by atoms with Crippen LogP contribution in [0.5, 0.6) is 0 Å². The minimum atomic E-state index is -2.88. The first kappa shape index (κ1) is 17.2. The molecule has 0 unspecified atom stereocenters. The van der Waals surface area contributed by atoms with Crippen LogP contribution in [0.15, 0.2) is 5.38 Å². The number of hydrogen-bond acceptors (Lipinski definition) is 5. The van der Waals surface area contributed by atoms with E-state index in [0.717, 1.165) is 16.2 Å². The molecule has 0 radical (unpaired) electrons. The third-order valence-electron chi connectivity index (χ3n) is 4.41. The van der Waals surface area contributed by atoms with Crippen LogP contribution in [0.25, 0.3) is 0 Å². The summed E-state index contributed by atoms with van der Waals surface area (Å²) in [5, 5.41) is 13.9. The molecule has 1 atom stereocenters. The summed E-state index contributed by atoms with van der Waals surface area (Å²) < 4.78 is 26.8. The SMILES string of the molecule is C[C@H]1CC(F)(F)CN1C(=O)c1csc(C(=O)NC2CC(C)(O)C2)n1. The Kier molecular flexibility index (Phi) is 4.11. The molecule has 1 saturated heterocycles. The second-order valence-corrected chi connectivity index (χ2v) is 7.81. The number of aromatic nitrogens is 1. The van der Waals surface area contributed by atoms with Crippen LogP contribution in [0, 0.1) is 0 Å². The van der Waals surface area contributed by atoms with Crippen molar-refractivity contribution < 1.29 is 23.5 Å². The van der Waals surface area contributed by atoms with Crippen molar-refractivity contribution in [3.05, 3.63) is 16.1 Å². The van der Waals surface area contributed by atoms with Crippen molar-refractivity contribution >= 4 is 23.2 Å². The highest BCUT2D eigenvalue weighted by Gasteiger charge is 2.45. The summed E-state index contributed by atoms with van der Waals surface area (Å²) in [7, 11) is 0. The maximum absolute atomic E-state index is 13.4. The lowest BCUT2D eigenvalue weighted by Crippen LogP contribution is -2.53. The summed E-state index contributed by atoms with van der Waals surface area (Å²) in [5.41, 5.74) is -0.741. The van der Waals surface area contributed by atoms with Crippen molar-refractivity contribution in [3.8, 4) is 0 Å². The van der Waals surface area contributed by atoms with Gasteiger partial charge in [0.1, 0.15) is 5.69 Å². The topological polar surface area (TPSA) is 82.5 Å². The number of carbonyl (C=O) groups excluding carboxylic acids is 2. The number of nitrogens with one attached hydrogen (secondary N) is 1. The van der Waals surface area contributed by atoms with E-state index in [1.165, 1.54) is 5.38 Å². The molecule has 132 valence electrons. The predicted molar refractivity (Wildman–Crippen MR) is 83.3 cm³/mol. The van der Waals surface area contributed by atoms with Gasteiger partial charge in [-0.15, -0.1) is 11.3 Å². The molecule has 1 aromatic heterocycles. The van der Waals surface area contributed by atoms with E-state index >= 15 is 0 Å². The Hall–Kier alpha value is -1.61. The second-order valence-electron chi connectivity index (χ2n) is 6.96. The van der Waals surface area contributed by atoms with Gasteiger partial charge in [0.05, 0.1) is 12.1 Å². The summed E-state index contributed by atoms with van der Waals surface area (Å²) in [6, 6.07) is -0.684. The highest BCUT2D eigenvalue weighted by Crippen LogP contribution is 2.33. The first-order valence-corrected chi connectivity index (χ1v) is 8.62. The molecule has 3 rings (SSSR count). The summed E-state index contributed by atoms with van der Waals surface area (Å²) in [6.07, 6.45) is 0.574. The van der Waals surface area contributed by atoms with Crippen molar-refractivity contribution in [2.75, 3.05) is 6.54 Å². The summed E-state index contributed by atoms with van der Waals surface area (Å²) in [6.45, 7) is 2.65. The summed E-state index contributed by atoms with van der Waals surface area (Å²) >= 11 is 1.00. The normalized spacial score (nSPS) is 31.6. The van der Waals surface area contributed by atoms with Crippen molar-refractivity contribution in [3.63, 3.8) is 0 Å². The molecule has 2 amide bonds. The molecule has 6 nitrogen and oxygen atoms in total. The van der Waals surface area contributed by atoms with Crippen LogP contribution < -0.4 is 5.32 Å². The fraction of sp³-hybridized carbons (Fsp3) is 0.667. The largest absolute Gasteiger partial charge is 0.390 e. The minimum absolute atomic E-state index is 0.00954. The van der Waals surface area contributed by atoms with Gasteiger partial charge in [0.2, 0.25) is 0 Å². The van der Waals surface area contributed by atoms with Crippen LogP contribution in [-0.4, -0.2) is 57.0 Å². The van der Waals surface area contributed by atoms with Gasteiger partial charge in [-0.3, -0.25) is 9.59 Å². The molecule has 9 heteroatoms. The molecule has 2 N–H and O–H groups in total. The number of aliphatic hydroxyl groups is 1. The molecule has 2 fully saturated rings. The maximum Gasteiger partial charge on any atom is 0.280 e. The Morgan fingerprint density at radius 2 is 2.08 bits per heavy atom. The zero-order valence-electron chi connectivity index (χ0n) is 13.4. The molecule has 1 aliphatic heterocycles. The Bertz CT molecular complexity index is 669. The first-order valence-electron chi connectivity index (χ1n) is 7.74. The van der Waals surface area contributed by atoms with Crippen LogP contribution in [0.1, 0.15) is 53.4 Å². The first-order chi connectivity index (χ1) is 11.1. The number of halogens is 2. The van der Waals surface area contributed by atoms with Crippen molar-refractivity contribution in [1.29, 1.82) is 0 Å². The lowest BCUT2D eigenvalue weighted by atomic mass is 9.77. The number of rotatable bonds is 3. The van der Waals surface area contributed by atoms with Gasteiger partial charge in [0, 0.05) is 23.9 Å². The number of nitrogens with zero attached hydrogens (tertiary/aromatic N) is 2. The number of carbonyl (C=O) groups is 2. The Labute approximate surface area is 141 Å². The van der Waals surface area contributed by atoms with Crippen molar-refractivity contribution in [2.24, 2.45) is 0 Å². The van der Waals surface area contributed by atoms with Crippen LogP contribution >= 0.6 is 11.3 Å². The van der Waals surface area contributed by atoms with Crippen LogP contribution in [0.4, 0.5) is 8.78 Å². The smallest absolute Gasteiger partial charge is 0.280 e. The Balaban J connectivity index is 1.63. The summed E-state index contributed by atoms with van der Waals surface area (Å²) in [4.78, 5) is 29.5. The predicted octanol–water partition coefficient (Wildman–Crippen LogP) is 1.66. The average molecular weight is 359 g/mol. The maximum atomic E-state index is 13.4. The van der Waals surface area contributed by atoms with E-state index in [1.807, 2.05) is 0 Å². The highest BCUT2D eigenvalue weighted by molar-refractivity contribution is 7.11. The van der Waals surface area contributed by atoms with Gasteiger partial charge in [-0.2, -0.15) is 0 Å². The van der Waals surface area contributed by atoms with E-state index in [-0.39, 0.29) is 23.2 Å². The number of likely N-dealkylation sites (tertiary alicyclic amines) is 1. The van der Waals surface area contributed by atoms with E-state index in [4.69, 9.17) is 0 Å². The molecule has 1 saturated carbocycles. The van der Waals surface area contributed by atoms with Gasteiger partial charge in [0.25, 0.3) is 17.7 Å². The quantitative estimate of drug-likeness (QED) is 0.860. The Morgan fingerprint density at radius 1 is 1.42 bits per heavy atom. The standard InChI is InChI=1S/C15H19F2N3O3S/c1-8-3-15(16,17)7-20(8)13(22)10-6-24-12(19-10)11(21)18-9-4-14(2,23)5-9/h6,8-9,23H,3-5,7H2,1-2H3,(H,18,21)/t8-,9?,14?/m0/s1. The van der Waals surface area contributed by atoms with Crippen molar-refractivity contribution in [2.45, 2.75) is 56.7 Å². The average Bonchev–Trinajstić information content (AvgIpc) is 3.00.